The standard InChI is InChI=1S/C26H29N3O/c1-18-9-7-15-27-25(18)23-13-6-14-24(26-19(2)10-8-16-28-26)29(23)17-21-11-4-5-12-22(21)20(3)30/h4-5,7-12,15-16,23-24H,6,13-14,17H2,1-3H3/t23-,24+. The van der Waals surface area contributed by atoms with E-state index in [1.807, 2.05) is 42.7 Å². The molecule has 4 nitrogen and oxygen atoms in total. The Bertz CT molecular complexity index is 992. The minimum Gasteiger partial charge on any atom is -0.295 e. The van der Waals surface area contributed by atoms with Crippen molar-refractivity contribution in [3.05, 3.63) is 94.6 Å². The summed E-state index contributed by atoms with van der Waals surface area (Å²) in [6.45, 7) is 6.63. The fourth-order valence-corrected chi connectivity index (χ4v) is 4.75. The molecule has 0 unspecified atom stereocenters. The predicted octanol–water partition coefficient (Wildman–Crippen LogP) is 5.76. The molecule has 154 valence electrons. The highest BCUT2D eigenvalue weighted by Crippen LogP contribution is 2.43. The Morgan fingerprint density at radius 1 is 0.900 bits per heavy atom. The highest BCUT2D eigenvalue weighted by Gasteiger charge is 2.35. The fraction of sp³-hybridized carbons (Fsp3) is 0.346. The van der Waals surface area contributed by atoms with Crippen molar-refractivity contribution in [3.63, 3.8) is 0 Å². The molecule has 0 amide bonds. The summed E-state index contributed by atoms with van der Waals surface area (Å²) in [5.41, 5.74) is 6.57. The summed E-state index contributed by atoms with van der Waals surface area (Å²) in [6.07, 6.45) is 7.02. The van der Waals surface area contributed by atoms with Crippen LogP contribution in [0.2, 0.25) is 0 Å². The van der Waals surface area contributed by atoms with Crippen molar-refractivity contribution < 1.29 is 4.79 Å². The van der Waals surface area contributed by atoms with Gasteiger partial charge in [-0.15, -0.1) is 0 Å². The van der Waals surface area contributed by atoms with Crippen LogP contribution in [0.1, 0.15) is 76.7 Å². The van der Waals surface area contributed by atoms with Gasteiger partial charge in [-0.1, -0.05) is 36.4 Å². The van der Waals surface area contributed by atoms with Gasteiger partial charge in [0, 0.05) is 24.5 Å². The first-order chi connectivity index (χ1) is 14.6. The summed E-state index contributed by atoms with van der Waals surface area (Å²) >= 11 is 0. The van der Waals surface area contributed by atoms with Gasteiger partial charge in [0.1, 0.15) is 0 Å². The third kappa shape index (κ3) is 4.05. The molecule has 1 saturated heterocycles. The van der Waals surface area contributed by atoms with E-state index in [0.717, 1.165) is 41.8 Å². The summed E-state index contributed by atoms with van der Waals surface area (Å²) in [5, 5.41) is 0. The summed E-state index contributed by atoms with van der Waals surface area (Å²) in [6, 6.07) is 16.6. The number of hydrogen-bond donors (Lipinski definition) is 0. The molecular formula is C26H29N3O. The molecule has 1 aromatic carbocycles. The largest absolute Gasteiger partial charge is 0.295 e. The van der Waals surface area contributed by atoms with Gasteiger partial charge in [0.25, 0.3) is 0 Å². The lowest BCUT2D eigenvalue weighted by atomic mass is 9.88. The van der Waals surface area contributed by atoms with Gasteiger partial charge >= 0.3 is 0 Å². The maximum atomic E-state index is 12.3. The molecule has 4 rings (SSSR count). The Kier molecular flexibility index (Phi) is 6.05. The third-order valence-electron chi connectivity index (χ3n) is 6.24. The van der Waals surface area contributed by atoms with E-state index in [1.165, 1.54) is 11.1 Å². The minimum atomic E-state index is 0.110. The average molecular weight is 400 g/mol. The van der Waals surface area contributed by atoms with Crippen molar-refractivity contribution in [2.24, 2.45) is 0 Å². The zero-order chi connectivity index (χ0) is 21.1. The summed E-state index contributed by atoms with van der Waals surface area (Å²) in [7, 11) is 0. The number of likely N-dealkylation sites (tertiary alicyclic amines) is 1. The maximum Gasteiger partial charge on any atom is 0.160 e. The molecule has 1 aliphatic heterocycles. The van der Waals surface area contributed by atoms with Crippen LogP contribution in [-0.2, 0) is 6.54 Å². The lowest BCUT2D eigenvalue weighted by Crippen LogP contribution is -2.37. The molecule has 0 N–H and O–H groups in total. The van der Waals surface area contributed by atoms with E-state index in [-0.39, 0.29) is 17.9 Å². The second-order valence-electron chi connectivity index (χ2n) is 8.26. The zero-order valence-corrected chi connectivity index (χ0v) is 18.0. The number of benzene rings is 1. The fourth-order valence-electron chi connectivity index (χ4n) is 4.75. The predicted molar refractivity (Wildman–Crippen MR) is 119 cm³/mol. The van der Waals surface area contributed by atoms with Crippen molar-refractivity contribution >= 4 is 5.78 Å². The number of nitrogens with zero attached hydrogens (tertiary/aromatic N) is 3. The summed E-state index contributed by atoms with van der Waals surface area (Å²) in [4.78, 5) is 24.3. The van der Waals surface area contributed by atoms with Crippen molar-refractivity contribution in [2.45, 2.75) is 58.7 Å². The van der Waals surface area contributed by atoms with E-state index in [9.17, 15) is 4.79 Å². The van der Waals surface area contributed by atoms with Gasteiger partial charge in [0.2, 0.25) is 0 Å². The lowest BCUT2D eigenvalue weighted by molar-refractivity contribution is 0.0673. The van der Waals surface area contributed by atoms with Crippen molar-refractivity contribution in [1.82, 2.24) is 14.9 Å². The van der Waals surface area contributed by atoms with Crippen LogP contribution in [-0.4, -0.2) is 20.7 Å². The molecule has 30 heavy (non-hydrogen) atoms. The lowest BCUT2D eigenvalue weighted by Gasteiger charge is -2.42. The highest BCUT2D eigenvalue weighted by atomic mass is 16.1. The van der Waals surface area contributed by atoms with Gasteiger partial charge in [-0.3, -0.25) is 19.7 Å². The Morgan fingerprint density at radius 2 is 1.47 bits per heavy atom. The quantitative estimate of drug-likeness (QED) is 0.511. The number of Topliss-reactive ketones (excluding diaryl/α,β-unsaturated/α-hetero) is 1. The summed E-state index contributed by atoms with van der Waals surface area (Å²) < 4.78 is 0. The molecule has 2 aromatic heterocycles. The van der Waals surface area contributed by atoms with Crippen LogP contribution in [0.4, 0.5) is 0 Å². The first-order valence-electron chi connectivity index (χ1n) is 10.7. The number of carbonyl (C=O) groups excluding carboxylic acids is 1. The van der Waals surface area contributed by atoms with Gasteiger partial charge < -0.3 is 0 Å². The smallest absolute Gasteiger partial charge is 0.160 e. The van der Waals surface area contributed by atoms with Crippen molar-refractivity contribution in [1.29, 1.82) is 0 Å². The van der Waals surface area contributed by atoms with E-state index in [4.69, 9.17) is 9.97 Å². The third-order valence-corrected chi connectivity index (χ3v) is 6.24. The molecule has 3 aromatic rings. The normalized spacial score (nSPS) is 19.6. The number of carbonyl (C=O) groups is 1. The van der Waals surface area contributed by atoms with Gasteiger partial charge in [-0.25, -0.2) is 0 Å². The molecule has 1 aliphatic rings. The van der Waals surface area contributed by atoms with E-state index in [2.05, 4.69) is 36.9 Å². The topological polar surface area (TPSA) is 46.1 Å². The van der Waals surface area contributed by atoms with Crippen LogP contribution in [0.3, 0.4) is 0 Å². The number of piperidine rings is 1. The minimum absolute atomic E-state index is 0.110. The van der Waals surface area contributed by atoms with Crippen LogP contribution in [0.15, 0.2) is 60.9 Å². The van der Waals surface area contributed by atoms with E-state index >= 15 is 0 Å². The SMILES string of the molecule is CC(=O)c1ccccc1CN1[C@@H](c2ncccc2C)CCC[C@H]1c1ncccc1C. The van der Waals surface area contributed by atoms with Crippen molar-refractivity contribution in [3.8, 4) is 0 Å². The number of ketones is 1. The molecule has 0 bridgehead atoms. The second-order valence-corrected chi connectivity index (χ2v) is 8.26. The van der Waals surface area contributed by atoms with E-state index in [0.29, 0.717) is 6.54 Å². The average Bonchev–Trinajstić information content (AvgIpc) is 2.75. The highest BCUT2D eigenvalue weighted by molar-refractivity contribution is 5.95. The number of aryl methyl sites for hydroxylation is 2. The molecule has 0 saturated carbocycles. The number of aromatic nitrogens is 2. The molecule has 3 heterocycles. The first-order valence-corrected chi connectivity index (χ1v) is 10.7. The first kappa shape index (κ1) is 20.4. The van der Waals surface area contributed by atoms with Gasteiger partial charge in [0.05, 0.1) is 23.5 Å². The van der Waals surface area contributed by atoms with E-state index < -0.39 is 0 Å². The van der Waals surface area contributed by atoms with Gasteiger partial charge in [0.15, 0.2) is 5.78 Å². The van der Waals surface area contributed by atoms with Crippen LogP contribution < -0.4 is 0 Å². The summed E-state index contributed by atoms with van der Waals surface area (Å²) in [5.74, 6) is 0.110. The maximum absolute atomic E-state index is 12.3. The van der Waals surface area contributed by atoms with Gasteiger partial charge in [-0.05, 0) is 68.9 Å². The van der Waals surface area contributed by atoms with Gasteiger partial charge in [-0.2, -0.15) is 0 Å². The molecule has 0 spiro atoms. The second kappa shape index (κ2) is 8.88. The van der Waals surface area contributed by atoms with Crippen LogP contribution in [0.25, 0.3) is 0 Å². The Labute approximate surface area is 179 Å². The van der Waals surface area contributed by atoms with Crippen molar-refractivity contribution in [2.75, 3.05) is 0 Å². The van der Waals surface area contributed by atoms with E-state index in [1.54, 1.807) is 6.92 Å². The number of pyridine rings is 2. The number of rotatable bonds is 5. The zero-order valence-electron chi connectivity index (χ0n) is 18.0. The molecule has 4 heteroatoms. The molecular weight excluding hydrogens is 370 g/mol. The molecule has 2 atom stereocenters. The van der Waals surface area contributed by atoms with Crippen LogP contribution >= 0.6 is 0 Å². The Hall–Kier alpha value is -2.85. The Morgan fingerprint density at radius 3 is 2.00 bits per heavy atom. The van der Waals surface area contributed by atoms with Crippen LogP contribution in [0.5, 0.6) is 0 Å². The number of hydrogen-bond acceptors (Lipinski definition) is 4. The monoisotopic (exact) mass is 399 g/mol. The molecule has 1 fully saturated rings. The van der Waals surface area contributed by atoms with Crippen LogP contribution in [0, 0.1) is 13.8 Å². The molecule has 0 aliphatic carbocycles. The Balaban J connectivity index is 1.80. The molecule has 0 radical (unpaired) electrons.